The number of amides is 3. The quantitative estimate of drug-likeness (QED) is 0.889. The van der Waals surface area contributed by atoms with Gasteiger partial charge in [0.15, 0.2) is 0 Å². The molecule has 134 valence electrons. The predicted molar refractivity (Wildman–Crippen MR) is 101 cm³/mol. The highest BCUT2D eigenvalue weighted by molar-refractivity contribution is 6.02. The highest BCUT2D eigenvalue weighted by atomic mass is 16.2. The molecule has 0 unspecified atom stereocenters. The van der Waals surface area contributed by atoms with Crippen molar-refractivity contribution < 1.29 is 9.59 Å². The minimum Gasteiger partial charge on any atom is -0.352 e. The average Bonchev–Trinajstić information content (AvgIpc) is 3.47. The van der Waals surface area contributed by atoms with Gasteiger partial charge >= 0.3 is 6.03 Å². The number of nitrogens with two attached hydrogens (primary N) is 1. The molecule has 1 aliphatic carbocycles. The summed E-state index contributed by atoms with van der Waals surface area (Å²) in [5.74, 6) is 0.506. The van der Waals surface area contributed by atoms with Gasteiger partial charge < -0.3 is 16.0 Å². The third-order valence-electron chi connectivity index (χ3n) is 5.36. The summed E-state index contributed by atoms with van der Waals surface area (Å²) < 4.78 is 0. The van der Waals surface area contributed by atoms with Gasteiger partial charge in [-0.05, 0) is 48.4 Å². The van der Waals surface area contributed by atoms with Crippen LogP contribution in [0, 0.1) is 0 Å². The van der Waals surface area contributed by atoms with Crippen LogP contribution < -0.4 is 16.0 Å². The van der Waals surface area contributed by atoms with Crippen LogP contribution >= 0.6 is 0 Å². The number of nitrogens with one attached hydrogen (secondary N) is 1. The normalized spacial score (nSPS) is 20.4. The number of hydrogen-bond donors (Lipinski definition) is 2. The van der Waals surface area contributed by atoms with Crippen molar-refractivity contribution in [3.05, 3.63) is 65.2 Å². The number of benzene rings is 2. The first-order valence-electron chi connectivity index (χ1n) is 9.11. The van der Waals surface area contributed by atoms with Gasteiger partial charge in [-0.3, -0.25) is 4.79 Å². The summed E-state index contributed by atoms with van der Waals surface area (Å²) in [4.78, 5) is 26.4. The largest absolute Gasteiger partial charge is 0.352 e. The molecular weight excluding hydrogens is 326 g/mol. The minimum atomic E-state index is -0.672. The van der Waals surface area contributed by atoms with Gasteiger partial charge in [0, 0.05) is 12.1 Å². The lowest BCUT2D eigenvalue weighted by atomic mass is 9.92. The average molecular weight is 349 g/mol. The molecule has 0 saturated heterocycles. The van der Waals surface area contributed by atoms with Crippen LogP contribution in [0.25, 0.3) is 0 Å². The monoisotopic (exact) mass is 349 g/mol. The summed E-state index contributed by atoms with van der Waals surface area (Å²) in [7, 11) is 0. The second-order valence-electron chi connectivity index (χ2n) is 7.22. The standard InChI is InChI=1S/C21H23N3O2/c1-13(14-5-3-2-4-6-14)24-19-12-16(15-7-8-15)9-10-17(19)11-18(20(24)25)23-21(22)26/h2-6,9-10,12-13,15,18H,7-8,11H2,1H3,(H3,22,23,26)/t13-,18+/m0/s1. The Morgan fingerprint density at radius 3 is 2.58 bits per heavy atom. The molecule has 1 fully saturated rings. The van der Waals surface area contributed by atoms with E-state index < -0.39 is 12.1 Å². The zero-order valence-corrected chi connectivity index (χ0v) is 14.8. The third kappa shape index (κ3) is 3.05. The zero-order chi connectivity index (χ0) is 18.3. The highest BCUT2D eigenvalue weighted by Gasteiger charge is 2.37. The number of anilines is 1. The fourth-order valence-electron chi connectivity index (χ4n) is 3.81. The van der Waals surface area contributed by atoms with E-state index >= 15 is 0 Å². The first-order chi connectivity index (χ1) is 12.5. The molecular formula is C21H23N3O2. The number of carbonyl (C=O) groups is 2. The minimum absolute atomic E-state index is 0.111. The van der Waals surface area contributed by atoms with Crippen LogP contribution in [-0.4, -0.2) is 18.0 Å². The molecule has 3 amide bonds. The van der Waals surface area contributed by atoms with Gasteiger partial charge in [0.2, 0.25) is 0 Å². The Morgan fingerprint density at radius 1 is 1.19 bits per heavy atom. The van der Waals surface area contributed by atoms with Crippen LogP contribution in [-0.2, 0) is 11.2 Å². The molecule has 0 spiro atoms. The maximum atomic E-state index is 13.2. The molecule has 0 aromatic heterocycles. The maximum absolute atomic E-state index is 13.2. The first-order valence-corrected chi connectivity index (χ1v) is 9.11. The summed E-state index contributed by atoms with van der Waals surface area (Å²) >= 11 is 0. The topological polar surface area (TPSA) is 75.4 Å². The van der Waals surface area contributed by atoms with Crippen LogP contribution in [0.5, 0.6) is 0 Å². The second-order valence-corrected chi connectivity index (χ2v) is 7.22. The van der Waals surface area contributed by atoms with Gasteiger partial charge in [-0.25, -0.2) is 4.79 Å². The molecule has 4 rings (SSSR count). The Hall–Kier alpha value is -2.82. The van der Waals surface area contributed by atoms with Crippen molar-refractivity contribution in [2.75, 3.05) is 4.90 Å². The van der Waals surface area contributed by atoms with Crippen LogP contribution in [0.15, 0.2) is 48.5 Å². The lowest BCUT2D eigenvalue weighted by molar-refractivity contribution is -0.121. The number of hydrogen-bond acceptors (Lipinski definition) is 2. The van der Waals surface area contributed by atoms with Gasteiger partial charge in [0.25, 0.3) is 5.91 Å². The van der Waals surface area contributed by atoms with Crippen molar-refractivity contribution in [1.82, 2.24) is 5.32 Å². The van der Waals surface area contributed by atoms with Gasteiger partial charge in [-0.15, -0.1) is 0 Å². The number of urea groups is 1. The van der Waals surface area contributed by atoms with Crippen LogP contribution in [0.2, 0.25) is 0 Å². The number of rotatable bonds is 4. The number of primary amides is 1. The second kappa shape index (κ2) is 6.48. The van der Waals surface area contributed by atoms with Crippen molar-refractivity contribution in [3.63, 3.8) is 0 Å². The molecule has 0 radical (unpaired) electrons. The van der Waals surface area contributed by atoms with Crippen LogP contribution in [0.4, 0.5) is 10.5 Å². The van der Waals surface area contributed by atoms with E-state index in [4.69, 9.17) is 5.73 Å². The molecule has 2 aliphatic rings. The molecule has 1 heterocycles. The summed E-state index contributed by atoms with van der Waals surface area (Å²) in [5, 5.41) is 2.61. The Kier molecular flexibility index (Phi) is 4.15. The molecule has 1 saturated carbocycles. The van der Waals surface area contributed by atoms with Crippen molar-refractivity contribution in [3.8, 4) is 0 Å². The van der Waals surface area contributed by atoms with Gasteiger partial charge in [-0.1, -0.05) is 42.5 Å². The first kappa shape index (κ1) is 16.6. The summed E-state index contributed by atoms with van der Waals surface area (Å²) in [6, 6.07) is 14.9. The summed E-state index contributed by atoms with van der Waals surface area (Å²) in [5.41, 5.74) is 9.66. The SMILES string of the molecule is C[C@@H](c1ccccc1)N1C(=O)[C@H](NC(N)=O)Cc2ccc(C3CC3)cc21. The zero-order valence-electron chi connectivity index (χ0n) is 14.8. The van der Waals surface area contributed by atoms with E-state index in [9.17, 15) is 9.59 Å². The number of fused-ring (bicyclic) bond motifs is 1. The maximum Gasteiger partial charge on any atom is 0.312 e. The predicted octanol–water partition coefficient (Wildman–Crippen LogP) is 3.25. The Morgan fingerprint density at radius 2 is 1.92 bits per heavy atom. The van der Waals surface area contributed by atoms with Crippen LogP contribution in [0.1, 0.15) is 48.4 Å². The molecule has 3 N–H and O–H groups in total. The molecule has 1 aliphatic heterocycles. The summed E-state index contributed by atoms with van der Waals surface area (Å²) in [6.45, 7) is 2.02. The van der Waals surface area contributed by atoms with Crippen molar-refractivity contribution in [2.24, 2.45) is 5.73 Å². The van der Waals surface area contributed by atoms with E-state index in [2.05, 4.69) is 23.5 Å². The molecule has 5 nitrogen and oxygen atoms in total. The van der Waals surface area contributed by atoms with E-state index in [1.807, 2.05) is 42.2 Å². The number of carbonyl (C=O) groups excluding carboxylic acids is 2. The van der Waals surface area contributed by atoms with Crippen molar-refractivity contribution in [2.45, 2.75) is 44.2 Å². The Balaban J connectivity index is 1.77. The smallest absolute Gasteiger partial charge is 0.312 e. The highest BCUT2D eigenvalue weighted by Crippen LogP contribution is 2.43. The van der Waals surface area contributed by atoms with Gasteiger partial charge in [-0.2, -0.15) is 0 Å². The molecule has 2 aromatic carbocycles. The molecule has 5 heteroatoms. The molecule has 2 atom stereocenters. The van der Waals surface area contributed by atoms with Crippen LogP contribution in [0.3, 0.4) is 0 Å². The van der Waals surface area contributed by atoms with E-state index in [-0.39, 0.29) is 11.9 Å². The van der Waals surface area contributed by atoms with Gasteiger partial charge in [0.1, 0.15) is 6.04 Å². The fourth-order valence-corrected chi connectivity index (χ4v) is 3.81. The summed E-state index contributed by atoms with van der Waals surface area (Å²) in [6.07, 6.45) is 2.90. The molecule has 0 bridgehead atoms. The lowest BCUT2D eigenvalue weighted by Crippen LogP contribution is -2.54. The van der Waals surface area contributed by atoms with Crippen molar-refractivity contribution in [1.29, 1.82) is 0 Å². The van der Waals surface area contributed by atoms with E-state index in [0.29, 0.717) is 12.3 Å². The van der Waals surface area contributed by atoms with E-state index in [1.54, 1.807) is 0 Å². The van der Waals surface area contributed by atoms with E-state index in [0.717, 1.165) is 16.8 Å². The fraction of sp³-hybridized carbons (Fsp3) is 0.333. The van der Waals surface area contributed by atoms with E-state index in [1.165, 1.54) is 18.4 Å². The Bertz CT molecular complexity index is 846. The number of nitrogens with zero attached hydrogens (tertiary/aromatic N) is 1. The molecule has 2 aromatic rings. The Labute approximate surface area is 153 Å². The third-order valence-corrected chi connectivity index (χ3v) is 5.36. The molecule has 26 heavy (non-hydrogen) atoms. The van der Waals surface area contributed by atoms with Gasteiger partial charge in [0.05, 0.1) is 6.04 Å². The van der Waals surface area contributed by atoms with Crippen molar-refractivity contribution >= 4 is 17.6 Å². The lowest BCUT2D eigenvalue weighted by Gasteiger charge is -2.38.